The number of nitrogens with zero attached hydrogens (tertiary/aromatic N) is 2. The van der Waals surface area contributed by atoms with Crippen LogP contribution in [0.2, 0.25) is 0 Å². The molecule has 8 heteroatoms. The second-order valence-electron chi connectivity index (χ2n) is 6.22. The molecule has 0 aliphatic heterocycles. The van der Waals surface area contributed by atoms with Gasteiger partial charge in [-0.3, -0.25) is 0 Å². The number of nitrogens with one attached hydrogen (secondary N) is 1. The van der Waals surface area contributed by atoms with Crippen molar-refractivity contribution >= 4 is 39.8 Å². The molecule has 3 rings (SSSR count). The molecule has 1 aromatic heterocycles. The zero-order chi connectivity index (χ0) is 20.6. The highest BCUT2D eigenvalue weighted by Crippen LogP contribution is 2.23. The summed E-state index contributed by atoms with van der Waals surface area (Å²) >= 11 is 1.32. The summed E-state index contributed by atoms with van der Waals surface area (Å²) in [6.45, 7) is 3.08. The van der Waals surface area contributed by atoms with Gasteiger partial charge in [0.15, 0.2) is 5.69 Å². The number of aromatic nitrogens is 1. The first-order valence-corrected chi connectivity index (χ1v) is 10.1. The van der Waals surface area contributed by atoms with Crippen LogP contribution in [0.5, 0.6) is 0 Å². The molecule has 3 aromatic rings. The number of carbonyl (C=O) groups excluding carboxylic acids is 2. The summed E-state index contributed by atoms with van der Waals surface area (Å²) in [6, 6.07) is 13.4. The predicted octanol–water partition coefficient (Wildman–Crippen LogP) is 4.15. The maximum Gasteiger partial charge on any atom is 0.357 e. The van der Waals surface area contributed by atoms with Crippen LogP contribution in [0.25, 0.3) is 10.8 Å². The highest BCUT2D eigenvalue weighted by atomic mass is 32.1. The van der Waals surface area contributed by atoms with E-state index in [4.69, 9.17) is 9.47 Å². The lowest BCUT2D eigenvalue weighted by Crippen LogP contribution is -2.36. The summed E-state index contributed by atoms with van der Waals surface area (Å²) in [4.78, 5) is 30.7. The van der Waals surface area contributed by atoms with Crippen molar-refractivity contribution in [3.63, 3.8) is 0 Å². The molecule has 0 saturated carbocycles. The van der Waals surface area contributed by atoms with Crippen molar-refractivity contribution in [2.75, 3.05) is 32.2 Å². The van der Waals surface area contributed by atoms with Gasteiger partial charge in [0.05, 0.1) is 25.4 Å². The van der Waals surface area contributed by atoms with E-state index in [1.807, 2.05) is 42.5 Å². The predicted molar refractivity (Wildman–Crippen MR) is 113 cm³/mol. The molecule has 0 spiro atoms. The summed E-state index contributed by atoms with van der Waals surface area (Å²) in [7, 11) is 1.59. The van der Waals surface area contributed by atoms with Gasteiger partial charge in [0.1, 0.15) is 5.01 Å². The first kappa shape index (κ1) is 20.8. The van der Waals surface area contributed by atoms with E-state index >= 15 is 0 Å². The van der Waals surface area contributed by atoms with Crippen LogP contribution in [-0.4, -0.2) is 48.8 Å². The number of hydrogen-bond acceptors (Lipinski definition) is 6. The Morgan fingerprint density at radius 1 is 1.17 bits per heavy atom. The minimum Gasteiger partial charge on any atom is -0.461 e. The van der Waals surface area contributed by atoms with Crippen LogP contribution < -0.4 is 5.32 Å². The lowest BCUT2D eigenvalue weighted by molar-refractivity contribution is 0.0520. The second-order valence-corrected chi connectivity index (χ2v) is 7.16. The molecule has 1 heterocycles. The molecule has 0 atom stereocenters. The van der Waals surface area contributed by atoms with Gasteiger partial charge in [-0.05, 0) is 18.4 Å². The van der Waals surface area contributed by atoms with E-state index in [-0.39, 0.29) is 18.3 Å². The van der Waals surface area contributed by atoms with Crippen LogP contribution in [0.15, 0.2) is 47.8 Å². The average molecular weight is 413 g/mol. The average Bonchev–Trinajstić information content (AvgIpc) is 3.20. The number of benzene rings is 2. The standard InChI is InChI=1S/C21H23N3O4S/c1-3-28-20(25)18-14-29-19(22-18)13-24(11-12-27-2)21(26)23-17-10-6-8-15-7-4-5-9-16(15)17/h4-10,14H,3,11-13H2,1-2H3,(H,23,26). The van der Waals surface area contributed by atoms with Crippen molar-refractivity contribution in [1.29, 1.82) is 0 Å². The third-order valence-corrected chi connectivity index (χ3v) is 5.08. The summed E-state index contributed by atoms with van der Waals surface area (Å²) in [5.41, 5.74) is 0.995. The Bertz CT molecular complexity index is 983. The molecule has 0 fully saturated rings. The number of esters is 1. The molecule has 0 bridgehead atoms. The van der Waals surface area contributed by atoms with Crippen LogP contribution in [0.3, 0.4) is 0 Å². The van der Waals surface area contributed by atoms with Crippen LogP contribution in [0, 0.1) is 0 Å². The monoisotopic (exact) mass is 413 g/mol. The molecule has 29 heavy (non-hydrogen) atoms. The number of carbonyl (C=O) groups is 2. The Labute approximate surface area is 173 Å². The molecule has 0 radical (unpaired) electrons. The Balaban J connectivity index is 1.75. The normalized spacial score (nSPS) is 10.7. The molecule has 0 saturated heterocycles. The molecular formula is C21H23N3O4S. The van der Waals surface area contributed by atoms with Crippen molar-refractivity contribution < 1.29 is 19.1 Å². The number of rotatable bonds is 8. The molecule has 7 nitrogen and oxygen atoms in total. The van der Waals surface area contributed by atoms with Gasteiger partial charge in [0.25, 0.3) is 0 Å². The lowest BCUT2D eigenvalue weighted by atomic mass is 10.1. The number of urea groups is 1. The van der Waals surface area contributed by atoms with Gasteiger partial charge in [-0.1, -0.05) is 36.4 Å². The fraction of sp³-hybridized carbons (Fsp3) is 0.286. The number of fused-ring (bicyclic) bond motifs is 1. The third kappa shape index (κ3) is 5.30. The summed E-state index contributed by atoms with van der Waals surface area (Å²) in [5.74, 6) is -0.460. The Hall–Kier alpha value is -2.97. The number of thiazole rings is 1. The third-order valence-electron chi connectivity index (χ3n) is 4.25. The highest BCUT2D eigenvalue weighted by Gasteiger charge is 2.18. The SMILES string of the molecule is CCOC(=O)c1csc(CN(CCOC)C(=O)Nc2cccc3ccccc23)n1. The molecule has 152 valence electrons. The Morgan fingerprint density at radius 2 is 1.97 bits per heavy atom. The number of methoxy groups -OCH3 is 1. The van der Waals surface area contributed by atoms with E-state index in [0.717, 1.165) is 16.5 Å². The number of hydrogen-bond donors (Lipinski definition) is 1. The van der Waals surface area contributed by atoms with E-state index in [0.29, 0.717) is 24.8 Å². The first-order valence-electron chi connectivity index (χ1n) is 9.26. The molecule has 1 N–H and O–H groups in total. The smallest absolute Gasteiger partial charge is 0.357 e. The van der Waals surface area contributed by atoms with Crippen molar-refractivity contribution in [2.45, 2.75) is 13.5 Å². The van der Waals surface area contributed by atoms with Crippen LogP contribution in [-0.2, 0) is 16.0 Å². The van der Waals surface area contributed by atoms with Crippen LogP contribution in [0.1, 0.15) is 22.4 Å². The van der Waals surface area contributed by atoms with Gasteiger partial charge in [-0.15, -0.1) is 11.3 Å². The van der Waals surface area contributed by atoms with E-state index in [2.05, 4.69) is 10.3 Å². The molecule has 0 unspecified atom stereocenters. The van der Waals surface area contributed by atoms with Gasteiger partial charge < -0.3 is 19.7 Å². The van der Waals surface area contributed by atoms with E-state index < -0.39 is 5.97 Å². The summed E-state index contributed by atoms with van der Waals surface area (Å²) < 4.78 is 10.1. The van der Waals surface area contributed by atoms with Crippen LogP contribution in [0.4, 0.5) is 10.5 Å². The van der Waals surface area contributed by atoms with E-state index in [1.165, 1.54) is 11.3 Å². The first-order chi connectivity index (χ1) is 14.1. The van der Waals surface area contributed by atoms with Gasteiger partial charge in [0.2, 0.25) is 0 Å². The maximum absolute atomic E-state index is 13.0. The summed E-state index contributed by atoms with van der Waals surface area (Å²) in [6.07, 6.45) is 0. The van der Waals surface area contributed by atoms with Crippen molar-refractivity contribution in [2.24, 2.45) is 0 Å². The Morgan fingerprint density at radius 3 is 2.76 bits per heavy atom. The van der Waals surface area contributed by atoms with Gasteiger partial charge in [-0.25, -0.2) is 14.6 Å². The van der Waals surface area contributed by atoms with Crippen molar-refractivity contribution in [1.82, 2.24) is 9.88 Å². The molecule has 0 aliphatic rings. The fourth-order valence-electron chi connectivity index (χ4n) is 2.83. The van der Waals surface area contributed by atoms with Crippen LogP contribution >= 0.6 is 11.3 Å². The summed E-state index contributed by atoms with van der Waals surface area (Å²) in [5, 5.41) is 7.29. The Kier molecular flexibility index (Phi) is 7.15. The molecule has 0 aliphatic carbocycles. The maximum atomic E-state index is 13.0. The quantitative estimate of drug-likeness (QED) is 0.561. The van der Waals surface area contributed by atoms with E-state index in [1.54, 1.807) is 24.3 Å². The van der Waals surface area contributed by atoms with Crippen molar-refractivity contribution in [3.8, 4) is 0 Å². The zero-order valence-electron chi connectivity index (χ0n) is 16.4. The van der Waals surface area contributed by atoms with E-state index in [9.17, 15) is 9.59 Å². The minimum atomic E-state index is -0.460. The van der Waals surface area contributed by atoms with Gasteiger partial charge in [0, 0.05) is 24.4 Å². The molecule has 2 amide bonds. The number of anilines is 1. The van der Waals surface area contributed by atoms with Crippen molar-refractivity contribution in [3.05, 3.63) is 58.5 Å². The van der Waals surface area contributed by atoms with Gasteiger partial charge in [-0.2, -0.15) is 0 Å². The largest absolute Gasteiger partial charge is 0.461 e. The fourth-order valence-corrected chi connectivity index (χ4v) is 3.61. The lowest BCUT2D eigenvalue weighted by Gasteiger charge is -2.22. The second kappa shape index (κ2) is 9.99. The molecule has 2 aromatic carbocycles. The zero-order valence-corrected chi connectivity index (χ0v) is 17.2. The molecular weight excluding hydrogens is 390 g/mol. The number of ether oxygens (including phenoxy) is 2. The topological polar surface area (TPSA) is 80.8 Å². The minimum absolute atomic E-state index is 0.257. The van der Waals surface area contributed by atoms with Gasteiger partial charge >= 0.3 is 12.0 Å². The number of amides is 2. The highest BCUT2D eigenvalue weighted by molar-refractivity contribution is 7.09.